The SMILES string of the molecule is COc1cccc(C(=O)NCc2nnc(SCC(=O)N3N=C(c4cccs4)CC3c3ccc(F)cc3)n2-c2cccc(Cl)c2)c1. The smallest absolute Gasteiger partial charge is 0.253 e. The van der Waals surface area contributed by atoms with Crippen LogP contribution in [0.25, 0.3) is 5.69 Å². The maximum Gasteiger partial charge on any atom is 0.253 e. The summed E-state index contributed by atoms with van der Waals surface area (Å²) in [7, 11) is 1.54. The van der Waals surface area contributed by atoms with Gasteiger partial charge in [-0.25, -0.2) is 9.40 Å². The van der Waals surface area contributed by atoms with E-state index in [0.29, 0.717) is 39.4 Å². The molecule has 1 N–H and O–H groups in total. The molecule has 0 fully saturated rings. The number of nitrogens with zero attached hydrogens (tertiary/aromatic N) is 5. The maximum absolute atomic E-state index is 13.7. The van der Waals surface area contributed by atoms with E-state index in [0.717, 1.165) is 16.2 Å². The van der Waals surface area contributed by atoms with Gasteiger partial charge in [-0.15, -0.1) is 21.5 Å². The molecule has 2 aromatic heterocycles. The van der Waals surface area contributed by atoms with E-state index in [4.69, 9.17) is 21.4 Å². The molecule has 6 rings (SSSR count). The van der Waals surface area contributed by atoms with E-state index < -0.39 is 0 Å². The Kier molecular flexibility index (Phi) is 9.24. The van der Waals surface area contributed by atoms with Crippen molar-refractivity contribution in [1.29, 1.82) is 0 Å². The summed E-state index contributed by atoms with van der Waals surface area (Å²) in [6.45, 7) is 0.0668. The van der Waals surface area contributed by atoms with E-state index >= 15 is 0 Å². The zero-order valence-corrected chi connectivity index (χ0v) is 26.3. The lowest BCUT2D eigenvalue weighted by molar-refractivity contribution is -0.130. The molecule has 0 saturated carbocycles. The first-order chi connectivity index (χ1) is 21.9. The highest BCUT2D eigenvalue weighted by molar-refractivity contribution is 7.99. The number of thioether (sulfide) groups is 1. The summed E-state index contributed by atoms with van der Waals surface area (Å²) >= 11 is 9.06. The summed E-state index contributed by atoms with van der Waals surface area (Å²) in [4.78, 5) is 27.6. The number of ether oxygens (including phenoxy) is 1. The molecule has 2 amide bonds. The minimum Gasteiger partial charge on any atom is -0.497 e. The number of thiophene rings is 1. The molecule has 0 aliphatic carbocycles. The topological polar surface area (TPSA) is 102 Å². The van der Waals surface area contributed by atoms with Crippen molar-refractivity contribution in [2.45, 2.75) is 24.2 Å². The lowest BCUT2D eigenvalue weighted by atomic mass is 10.0. The average molecular weight is 661 g/mol. The van der Waals surface area contributed by atoms with E-state index in [-0.39, 0.29) is 36.0 Å². The Labute approximate surface area is 271 Å². The standard InChI is InChI=1S/C32H26ClFN6O3S2/c1-43-25-8-2-5-21(15-25)31(42)35-18-29-36-37-32(39(29)24-7-3-6-22(33)16-24)45-19-30(41)40-27(20-10-12-23(34)13-11-20)17-26(38-40)28-9-4-14-44-28/h2-16,27H,17-19H2,1H3,(H,35,42). The van der Waals surface area contributed by atoms with Gasteiger partial charge < -0.3 is 10.1 Å². The number of carbonyl (C=O) groups excluding carboxylic acids is 2. The van der Waals surface area contributed by atoms with Crippen molar-refractivity contribution in [2.24, 2.45) is 5.10 Å². The lowest BCUT2D eigenvalue weighted by Crippen LogP contribution is -2.28. The zero-order valence-electron chi connectivity index (χ0n) is 23.9. The number of carbonyl (C=O) groups is 2. The lowest BCUT2D eigenvalue weighted by Gasteiger charge is -2.22. The molecule has 0 radical (unpaired) electrons. The molecule has 1 unspecified atom stereocenters. The van der Waals surface area contributed by atoms with Crippen molar-refractivity contribution in [1.82, 2.24) is 25.1 Å². The highest BCUT2D eigenvalue weighted by atomic mass is 35.5. The van der Waals surface area contributed by atoms with Gasteiger partial charge in [-0.3, -0.25) is 14.2 Å². The van der Waals surface area contributed by atoms with Crippen LogP contribution in [0.15, 0.2) is 101 Å². The number of rotatable bonds is 10. The number of halogens is 2. The fourth-order valence-corrected chi connectivity index (χ4v) is 6.61. The van der Waals surface area contributed by atoms with Gasteiger partial charge in [0.25, 0.3) is 11.8 Å². The molecule has 5 aromatic rings. The van der Waals surface area contributed by atoms with Crippen LogP contribution in [-0.4, -0.2) is 50.2 Å². The molecule has 0 bridgehead atoms. The van der Waals surface area contributed by atoms with Crippen LogP contribution >= 0.6 is 34.7 Å². The summed E-state index contributed by atoms with van der Waals surface area (Å²) < 4.78 is 20.7. The molecular weight excluding hydrogens is 635 g/mol. The number of amides is 2. The quantitative estimate of drug-likeness (QED) is 0.171. The molecule has 1 aliphatic rings. The second-order valence-electron chi connectivity index (χ2n) is 9.95. The van der Waals surface area contributed by atoms with Crippen molar-refractivity contribution in [2.75, 3.05) is 12.9 Å². The van der Waals surface area contributed by atoms with E-state index in [2.05, 4.69) is 15.5 Å². The minimum atomic E-state index is -0.371. The molecule has 228 valence electrons. The molecule has 1 atom stereocenters. The first-order valence-corrected chi connectivity index (χ1v) is 16.1. The van der Waals surface area contributed by atoms with Gasteiger partial charge in [0.05, 0.1) is 41.7 Å². The molecule has 13 heteroatoms. The van der Waals surface area contributed by atoms with E-state index in [1.54, 1.807) is 70.5 Å². The number of benzene rings is 3. The van der Waals surface area contributed by atoms with Gasteiger partial charge in [-0.1, -0.05) is 53.7 Å². The Morgan fingerprint density at radius 3 is 2.64 bits per heavy atom. The molecule has 9 nitrogen and oxygen atoms in total. The van der Waals surface area contributed by atoms with Gasteiger partial charge in [0.15, 0.2) is 11.0 Å². The van der Waals surface area contributed by atoms with Crippen molar-refractivity contribution < 1.29 is 18.7 Å². The predicted octanol–water partition coefficient (Wildman–Crippen LogP) is 6.53. The highest BCUT2D eigenvalue weighted by Crippen LogP contribution is 2.35. The van der Waals surface area contributed by atoms with E-state index in [9.17, 15) is 14.0 Å². The normalized spacial score (nSPS) is 14.3. The van der Waals surface area contributed by atoms with Crippen LogP contribution in [0.4, 0.5) is 4.39 Å². The van der Waals surface area contributed by atoms with Crippen LogP contribution in [0.1, 0.15) is 39.1 Å². The van der Waals surface area contributed by atoms with Gasteiger partial charge in [0.2, 0.25) is 0 Å². The third-order valence-electron chi connectivity index (χ3n) is 7.06. The number of hydrogen-bond acceptors (Lipinski definition) is 8. The Balaban J connectivity index is 1.23. The van der Waals surface area contributed by atoms with Gasteiger partial charge >= 0.3 is 0 Å². The third-order valence-corrected chi connectivity index (χ3v) is 9.12. The molecule has 0 spiro atoms. The fraction of sp³-hybridized carbons (Fsp3) is 0.156. The third kappa shape index (κ3) is 6.93. The zero-order chi connectivity index (χ0) is 31.3. The van der Waals surface area contributed by atoms with Crippen LogP contribution in [0.3, 0.4) is 0 Å². The highest BCUT2D eigenvalue weighted by Gasteiger charge is 2.33. The van der Waals surface area contributed by atoms with Crippen molar-refractivity contribution in [3.05, 3.63) is 123 Å². The Morgan fingerprint density at radius 1 is 1.07 bits per heavy atom. The second kappa shape index (κ2) is 13.6. The number of methoxy groups -OCH3 is 1. The van der Waals surface area contributed by atoms with Gasteiger partial charge in [0.1, 0.15) is 11.6 Å². The minimum absolute atomic E-state index is 0.00772. The predicted molar refractivity (Wildman–Crippen MR) is 173 cm³/mol. The van der Waals surface area contributed by atoms with Gasteiger partial charge in [-0.2, -0.15) is 5.10 Å². The number of hydrogen-bond donors (Lipinski definition) is 1. The summed E-state index contributed by atoms with van der Waals surface area (Å²) in [6.07, 6.45) is 0.512. The summed E-state index contributed by atoms with van der Waals surface area (Å²) in [5.74, 6) is 0.133. The summed E-state index contributed by atoms with van der Waals surface area (Å²) in [5.41, 5.74) is 2.71. The first kappa shape index (κ1) is 30.5. The fourth-order valence-electron chi connectivity index (χ4n) is 4.88. The van der Waals surface area contributed by atoms with Gasteiger partial charge in [0, 0.05) is 17.0 Å². The largest absolute Gasteiger partial charge is 0.497 e. The Bertz CT molecular complexity index is 1860. The van der Waals surface area contributed by atoms with Crippen molar-refractivity contribution in [3.63, 3.8) is 0 Å². The maximum atomic E-state index is 13.7. The van der Waals surface area contributed by atoms with Crippen LogP contribution in [-0.2, 0) is 11.3 Å². The molecule has 45 heavy (non-hydrogen) atoms. The summed E-state index contributed by atoms with van der Waals surface area (Å²) in [5, 5.41) is 20.7. The van der Waals surface area contributed by atoms with Crippen LogP contribution < -0.4 is 10.1 Å². The summed E-state index contributed by atoms with van der Waals surface area (Å²) in [6, 6.07) is 23.7. The first-order valence-electron chi connectivity index (χ1n) is 13.8. The van der Waals surface area contributed by atoms with Crippen LogP contribution in [0, 0.1) is 5.82 Å². The van der Waals surface area contributed by atoms with Crippen LogP contribution in [0.5, 0.6) is 5.75 Å². The Morgan fingerprint density at radius 2 is 1.89 bits per heavy atom. The number of hydrazone groups is 1. The number of nitrogens with one attached hydrogen (secondary N) is 1. The molecule has 3 aromatic carbocycles. The van der Waals surface area contributed by atoms with E-state index in [1.807, 2.05) is 23.6 Å². The second-order valence-corrected chi connectivity index (χ2v) is 12.3. The molecule has 3 heterocycles. The molecular formula is C32H26ClFN6O3S2. The van der Waals surface area contributed by atoms with Crippen molar-refractivity contribution >= 4 is 52.2 Å². The van der Waals surface area contributed by atoms with Gasteiger partial charge in [-0.05, 0) is 65.5 Å². The van der Waals surface area contributed by atoms with Crippen LogP contribution in [0.2, 0.25) is 5.02 Å². The Hall–Kier alpha value is -4.52. The molecule has 0 saturated heterocycles. The monoisotopic (exact) mass is 660 g/mol. The number of aromatic nitrogens is 3. The van der Waals surface area contributed by atoms with E-state index in [1.165, 1.54) is 36.0 Å². The molecule has 1 aliphatic heterocycles. The van der Waals surface area contributed by atoms with Crippen molar-refractivity contribution in [3.8, 4) is 11.4 Å². The average Bonchev–Trinajstić information content (AvgIpc) is 3.83.